The molecule has 1 aromatic carbocycles. The largest absolute Gasteiger partial charge is 0.477 e. The van der Waals surface area contributed by atoms with Crippen LogP contribution in [-0.4, -0.2) is 34.1 Å². The van der Waals surface area contributed by atoms with Crippen molar-refractivity contribution in [3.05, 3.63) is 52.8 Å². The zero-order valence-corrected chi connectivity index (χ0v) is 15.3. The molecule has 2 fully saturated rings. The van der Waals surface area contributed by atoms with Crippen LogP contribution in [-0.2, 0) is 6.18 Å². The second-order valence-electron chi connectivity index (χ2n) is 7.68. The van der Waals surface area contributed by atoms with Gasteiger partial charge in [-0.25, -0.2) is 14.8 Å². The topological polar surface area (TPSA) is 66.3 Å². The highest BCUT2D eigenvalue weighted by atomic mass is 19.4. The Bertz CT molecular complexity index is 902. The first-order chi connectivity index (χ1) is 13.2. The first-order valence-electron chi connectivity index (χ1n) is 9.22. The van der Waals surface area contributed by atoms with E-state index in [0.717, 1.165) is 6.07 Å². The summed E-state index contributed by atoms with van der Waals surface area (Å²) in [6.07, 6.45) is -2.97. The molecule has 5 nitrogen and oxygen atoms in total. The first-order valence-corrected chi connectivity index (χ1v) is 9.22. The van der Waals surface area contributed by atoms with Crippen LogP contribution in [0.3, 0.4) is 0 Å². The van der Waals surface area contributed by atoms with Gasteiger partial charge in [0.15, 0.2) is 5.69 Å². The Hall–Kier alpha value is -2.64. The second-order valence-corrected chi connectivity index (χ2v) is 7.68. The van der Waals surface area contributed by atoms with E-state index < -0.39 is 17.7 Å². The molecule has 0 amide bonds. The number of rotatable bonds is 3. The van der Waals surface area contributed by atoms with Crippen molar-refractivity contribution in [1.82, 2.24) is 9.97 Å². The molecular weight excluding hydrogens is 371 g/mol. The number of nitrogens with zero attached hydrogens (tertiary/aromatic N) is 3. The third-order valence-corrected chi connectivity index (χ3v) is 5.80. The molecule has 0 bridgehead atoms. The highest BCUT2D eigenvalue weighted by Gasteiger charge is 2.44. The Labute approximate surface area is 160 Å². The zero-order valence-electron chi connectivity index (χ0n) is 15.3. The zero-order chi connectivity index (χ0) is 20.1. The highest BCUT2D eigenvalue weighted by Crippen LogP contribution is 2.49. The van der Waals surface area contributed by atoms with Crippen LogP contribution in [0, 0.1) is 18.8 Å². The number of carbonyl (C=O) groups is 1. The molecule has 1 saturated heterocycles. The summed E-state index contributed by atoms with van der Waals surface area (Å²) in [5.41, 5.74) is 0.383. The van der Waals surface area contributed by atoms with Crippen LogP contribution < -0.4 is 4.90 Å². The van der Waals surface area contributed by atoms with E-state index >= 15 is 0 Å². The van der Waals surface area contributed by atoms with Gasteiger partial charge >= 0.3 is 12.1 Å². The van der Waals surface area contributed by atoms with Crippen LogP contribution in [0.4, 0.5) is 19.1 Å². The van der Waals surface area contributed by atoms with Crippen LogP contribution in [0.15, 0.2) is 30.3 Å². The number of aromatic carboxylic acids is 1. The van der Waals surface area contributed by atoms with Crippen molar-refractivity contribution >= 4 is 11.9 Å². The highest BCUT2D eigenvalue weighted by molar-refractivity contribution is 5.85. The first kappa shape index (κ1) is 18.7. The van der Waals surface area contributed by atoms with Gasteiger partial charge in [-0.15, -0.1) is 0 Å². The number of carboxylic acid groups (broad SMARTS) is 1. The van der Waals surface area contributed by atoms with Crippen molar-refractivity contribution in [3.8, 4) is 0 Å². The smallest absolute Gasteiger partial charge is 0.416 e. The van der Waals surface area contributed by atoms with Gasteiger partial charge in [0.2, 0.25) is 5.95 Å². The summed E-state index contributed by atoms with van der Waals surface area (Å²) in [6, 6.07) is 7.27. The molecule has 0 spiro atoms. The Morgan fingerprint density at radius 3 is 2.39 bits per heavy atom. The molecule has 2 atom stereocenters. The second kappa shape index (κ2) is 6.76. The van der Waals surface area contributed by atoms with E-state index in [1.807, 2.05) is 4.90 Å². The summed E-state index contributed by atoms with van der Waals surface area (Å²) in [6.45, 7) is 2.99. The van der Waals surface area contributed by atoms with E-state index in [4.69, 9.17) is 0 Å². The number of benzene rings is 1. The third-order valence-electron chi connectivity index (χ3n) is 5.80. The molecule has 8 heteroatoms. The molecular formula is C20H20F3N3O2. The standard InChI is InChI=1S/C20H20F3N3O2/c1-11-6-17(18(27)28)25-19(24-11)26-9-13-7-12(8-14(13)10-26)15-4-2-3-5-16(15)20(21,22)23/h2-6,12-14H,7-10H2,1H3,(H,27,28). The molecule has 1 N–H and O–H groups in total. The van der Waals surface area contributed by atoms with E-state index in [2.05, 4.69) is 9.97 Å². The van der Waals surface area contributed by atoms with Crippen LogP contribution in [0.2, 0.25) is 0 Å². The van der Waals surface area contributed by atoms with E-state index in [-0.39, 0.29) is 23.4 Å². The Balaban J connectivity index is 1.51. The molecule has 1 aliphatic carbocycles. The summed E-state index contributed by atoms with van der Waals surface area (Å²) >= 11 is 0. The number of aryl methyl sites for hydroxylation is 1. The van der Waals surface area contributed by atoms with E-state index in [0.29, 0.717) is 43.1 Å². The lowest BCUT2D eigenvalue weighted by atomic mass is 9.91. The van der Waals surface area contributed by atoms with Gasteiger partial charge in [-0.3, -0.25) is 0 Å². The van der Waals surface area contributed by atoms with Crippen molar-refractivity contribution < 1.29 is 23.1 Å². The van der Waals surface area contributed by atoms with Gasteiger partial charge in [-0.1, -0.05) is 18.2 Å². The lowest BCUT2D eigenvalue weighted by Crippen LogP contribution is -2.25. The quantitative estimate of drug-likeness (QED) is 0.852. The molecule has 0 radical (unpaired) electrons. The van der Waals surface area contributed by atoms with Gasteiger partial charge in [-0.05, 0) is 55.2 Å². The molecule has 28 heavy (non-hydrogen) atoms. The Kier molecular flexibility index (Phi) is 4.51. The molecule has 2 aromatic rings. The maximum absolute atomic E-state index is 13.3. The van der Waals surface area contributed by atoms with Gasteiger partial charge in [0.05, 0.1) is 5.56 Å². The number of hydrogen-bond donors (Lipinski definition) is 1. The number of hydrogen-bond acceptors (Lipinski definition) is 4. The fourth-order valence-electron chi connectivity index (χ4n) is 4.63. The van der Waals surface area contributed by atoms with Gasteiger partial charge in [0.25, 0.3) is 0 Å². The van der Waals surface area contributed by atoms with Gasteiger partial charge in [0, 0.05) is 18.8 Å². The number of aromatic nitrogens is 2. The number of anilines is 1. The van der Waals surface area contributed by atoms with Gasteiger partial charge in [-0.2, -0.15) is 13.2 Å². The maximum Gasteiger partial charge on any atom is 0.416 e. The Morgan fingerprint density at radius 1 is 1.14 bits per heavy atom. The number of carboxylic acids is 1. The minimum Gasteiger partial charge on any atom is -0.477 e. The molecule has 2 unspecified atom stereocenters. The lowest BCUT2D eigenvalue weighted by Gasteiger charge is -2.21. The number of halogens is 3. The minimum atomic E-state index is -4.34. The molecule has 1 aromatic heterocycles. The monoisotopic (exact) mass is 391 g/mol. The average molecular weight is 391 g/mol. The summed E-state index contributed by atoms with van der Waals surface area (Å²) in [4.78, 5) is 21.7. The summed E-state index contributed by atoms with van der Waals surface area (Å²) in [5, 5.41) is 9.19. The predicted octanol–water partition coefficient (Wildman–Crippen LogP) is 4.13. The third kappa shape index (κ3) is 3.43. The summed E-state index contributed by atoms with van der Waals surface area (Å²) in [5.74, 6) is -0.315. The molecule has 2 heterocycles. The Morgan fingerprint density at radius 2 is 1.79 bits per heavy atom. The van der Waals surface area contributed by atoms with E-state index in [1.54, 1.807) is 19.1 Å². The van der Waals surface area contributed by atoms with Crippen LogP contribution >= 0.6 is 0 Å². The molecule has 2 aliphatic rings. The predicted molar refractivity (Wildman–Crippen MR) is 96.3 cm³/mol. The van der Waals surface area contributed by atoms with Crippen molar-refractivity contribution in [1.29, 1.82) is 0 Å². The number of alkyl halides is 3. The fraction of sp³-hybridized carbons (Fsp3) is 0.450. The van der Waals surface area contributed by atoms with Gasteiger partial charge < -0.3 is 10.0 Å². The van der Waals surface area contributed by atoms with Crippen molar-refractivity contribution in [3.63, 3.8) is 0 Å². The van der Waals surface area contributed by atoms with Crippen LogP contribution in [0.1, 0.15) is 46.1 Å². The van der Waals surface area contributed by atoms with Gasteiger partial charge in [0.1, 0.15) is 0 Å². The fourth-order valence-corrected chi connectivity index (χ4v) is 4.63. The van der Waals surface area contributed by atoms with Crippen molar-refractivity contribution in [2.75, 3.05) is 18.0 Å². The normalized spacial score (nSPS) is 24.4. The molecule has 1 aliphatic heterocycles. The average Bonchev–Trinajstić information content (AvgIpc) is 3.19. The lowest BCUT2D eigenvalue weighted by molar-refractivity contribution is -0.138. The van der Waals surface area contributed by atoms with Crippen molar-refractivity contribution in [2.45, 2.75) is 31.9 Å². The summed E-state index contributed by atoms with van der Waals surface area (Å²) < 4.78 is 40.0. The van der Waals surface area contributed by atoms with Crippen molar-refractivity contribution in [2.24, 2.45) is 11.8 Å². The van der Waals surface area contributed by atoms with Crippen LogP contribution in [0.25, 0.3) is 0 Å². The minimum absolute atomic E-state index is 0.0449. The molecule has 1 saturated carbocycles. The number of fused-ring (bicyclic) bond motifs is 1. The molecule has 4 rings (SSSR count). The SMILES string of the molecule is Cc1cc(C(=O)O)nc(N2CC3CC(c4ccccc4C(F)(F)F)CC3C2)n1. The van der Waals surface area contributed by atoms with E-state index in [9.17, 15) is 23.1 Å². The summed E-state index contributed by atoms with van der Waals surface area (Å²) in [7, 11) is 0. The maximum atomic E-state index is 13.3. The molecule has 148 valence electrons. The van der Waals surface area contributed by atoms with E-state index in [1.165, 1.54) is 12.1 Å². The van der Waals surface area contributed by atoms with Crippen LogP contribution in [0.5, 0.6) is 0 Å².